The van der Waals surface area contributed by atoms with Crippen LogP contribution in [0.2, 0.25) is 0 Å². The van der Waals surface area contributed by atoms with Crippen LogP contribution in [0.1, 0.15) is 55.6 Å². The summed E-state index contributed by atoms with van der Waals surface area (Å²) in [4.78, 5) is 19.9. The maximum Gasteiger partial charge on any atom is 0.344 e. The van der Waals surface area contributed by atoms with Crippen molar-refractivity contribution in [1.82, 2.24) is 0 Å². The zero-order valence-electron chi connectivity index (χ0n) is 28.2. The summed E-state index contributed by atoms with van der Waals surface area (Å²) >= 11 is 1.75. The highest BCUT2D eigenvalue weighted by atomic mass is 32.2. The first-order valence-corrected chi connectivity index (χ1v) is 18.9. The zero-order chi connectivity index (χ0) is 34.0. The van der Waals surface area contributed by atoms with Gasteiger partial charge in [-0.05, 0) is 92.0 Å². The van der Waals surface area contributed by atoms with Crippen molar-refractivity contribution in [2.75, 3.05) is 0 Å². The van der Waals surface area contributed by atoms with E-state index in [1.165, 1.54) is 43.6 Å². The number of rotatable bonds is 8. The topological polar surface area (TPSA) is 40.3 Å². The van der Waals surface area contributed by atoms with E-state index in [0.29, 0.717) is 11.3 Å². The fourth-order valence-electron chi connectivity index (χ4n) is 6.55. The largest absolute Gasteiger partial charge is 0.423 e. The third-order valence-electron chi connectivity index (χ3n) is 9.20. The average Bonchev–Trinajstić information content (AvgIpc) is 3.39. The Balaban J connectivity index is 1.16. The maximum absolute atomic E-state index is 13.9. The van der Waals surface area contributed by atoms with E-state index in [2.05, 4.69) is 136 Å². The number of hydrogen-bond acceptors (Lipinski definition) is 3. The van der Waals surface area contributed by atoms with Gasteiger partial charge in [0, 0.05) is 27.5 Å². The second-order valence-corrected chi connectivity index (χ2v) is 16.0. The number of allylic oxidation sites excluding steroid dienone is 4. The number of nitrogens with one attached hydrogen (secondary N) is 1. The van der Waals surface area contributed by atoms with Gasteiger partial charge in [0.2, 0.25) is 5.69 Å². The van der Waals surface area contributed by atoms with Crippen LogP contribution in [0.25, 0.3) is 6.08 Å². The van der Waals surface area contributed by atoms with Crippen LogP contribution in [0, 0.1) is 0 Å². The Labute approximate surface area is 294 Å². The maximum atomic E-state index is 13.9. The molecular weight excluding hydrogens is 638 g/mol. The molecule has 3 nitrogen and oxygen atoms in total. The summed E-state index contributed by atoms with van der Waals surface area (Å²) in [6, 6.07) is 43.2. The highest BCUT2D eigenvalue weighted by molar-refractivity contribution is 8.03. The Morgan fingerprint density at radius 1 is 0.837 bits per heavy atom. The molecule has 242 valence electrons. The Bertz CT molecular complexity index is 2120. The van der Waals surface area contributed by atoms with E-state index in [-0.39, 0.29) is 11.4 Å². The third-order valence-corrected chi connectivity index (χ3v) is 13.1. The molecule has 0 saturated carbocycles. The summed E-state index contributed by atoms with van der Waals surface area (Å²) < 4.78 is 6.14. The average molecular weight is 677 g/mol. The van der Waals surface area contributed by atoms with Crippen molar-refractivity contribution < 1.29 is 14.5 Å². The Kier molecular flexibility index (Phi) is 9.36. The molecule has 0 fully saturated rings. The van der Waals surface area contributed by atoms with Gasteiger partial charge in [-0.15, -0.1) is 0 Å². The molecule has 0 bridgehead atoms. The van der Waals surface area contributed by atoms with Crippen molar-refractivity contribution in [3.05, 3.63) is 172 Å². The number of benzene rings is 5. The molecule has 0 radical (unpaired) electrons. The van der Waals surface area contributed by atoms with E-state index in [0.717, 1.165) is 22.2 Å². The lowest BCUT2D eigenvalue weighted by Crippen LogP contribution is -2.65. The minimum atomic E-state index is -0.961. The molecular formula is C44H39NO2PS+. The van der Waals surface area contributed by atoms with E-state index in [9.17, 15) is 4.79 Å². The summed E-state index contributed by atoms with van der Waals surface area (Å²) in [7, 11) is -0.961. The zero-order valence-corrected chi connectivity index (χ0v) is 29.9. The Morgan fingerprint density at radius 2 is 1.49 bits per heavy atom. The van der Waals surface area contributed by atoms with Gasteiger partial charge in [-0.1, -0.05) is 128 Å². The van der Waals surface area contributed by atoms with Crippen LogP contribution in [0.5, 0.6) is 5.75 Å². The van der Waals surface area contributed by atoms with Crippen molar-refractivity contribution in [2.24, 2.45) is 0 Å². The van der Waals surface area contributed by atoms with Crippen LogP contribution in [-0.4, -0.2) is 11.7 Å². The molecule has 49 heavy (non-hydrogen) atoms. The molecule has 0 aliphatic carbocycles. The van der Waals surface area contributed by atoms with E-state index in [4.69, 9.17) is 4.74 Å². The van der Waals surface area contributed by atoms with Gasteiger partial charge >= 0.3 is 5.97 Å². The van der Waals surface area contributed by atoms with E-state index in [1.807, 2.05) is 42.5 Å². The smallest absolute Gasteiger partial charge is 0.344 e. The number of carbonyl (C=O) groups is 1. The molecule has 5 aromatic carbocycles. The van der Waals surface area contributed by atoms with Crippen molar-refractivity contribution in [1.29, 1.82) is 0 Å². The summed E-state index contributed by atoms with van der Waals surface area (Å²) in [5.41, 5.74) is 7.83. The second-order valence-electron chi connectivity index (χ2n) is 12.8. The molecule has 5 heteroatoms. The first-order valence-electron chi connectivity index (χ1n) is 16.7. The first-order chi connectivity index (χ1) is 23.8. The molecule has 2 aliphatic rings. The van der Waals surface area contributed by atoms with Crippen LogP contribution >= 0.6 is 19.7 Å². The van der Waals surface area contributed by atoms with Crippen molar-refractivity contribution in [2.45, 2.75) is 44.4 Å². The predicted molar refractivity (Wildman–Crippen MR) is 208 cm³/mol. The van der Waals surface area contributed by atoms with Gasteiger partial charge in [-0.2, -0.15) is 0 Å². The van der Waals surface area contributed by atoms with Gasteiger partial charge in [0.05, 0.1) is 11.0 Å². The molecule has 5 aromatic rings. The lowest BCUT2D eigenvalue weighted by Gasteiger charge is -2.22. The molecule has 0 unspecified atom stereocenters. The van der Waals surface area contributed by atoms with Crippen molar-refractivity contribution in [3.8, 4) is 5.75 Å². The van der Waals surface area contributed by atoms with Crippen LogP contribution in [-0.2, 0) is 5.41 Å². The van der Waals surface area contributed by atoms with Crippen LogP contribution in [0.3, 0.4) is 0 Å². The van der Waals surface area contributed by atoms with Gasteiger partial charge in [0.25, 0.3) is 0 Å². The number of esters is 1. The predicted octanol–water partition coefficient (Wildman–Crippen LogP) is 8.54. The summed E-state index contributed by atoms with van der Waals surface area (Å²) in [6.07, 6.45) is 7.64. The molecule has 0 atom stereocenters. The number of hydrogen-bond donors (Lipinski definition) is 1. The Hall–Kier alpha value is -4.76. The van der Waals surface area contributed by atoms with Crippen LogP contribution < -0.4 is 25.6 Å². The monoisotopic (exact) mass is 676 g/mol. The van der Waals surface area contributed by atoms with Crippen LogP contribution in [0.15, 0.2) is 160 Å². The molecule has 7 rings (SSSR count). The molecule has 0 spiro atoms. The van der Waals surface area contributed by atoms with Crippen molar-refractivity contribution in [3.63, 3.8) is 0 Å². The Morgan fingerprint density at radius 3 is 2.18 bits per heavy atom. The third kappa shape index (κ3) is 6.64. The molecule has 0 saturated heterocycles. The lowest BCUT2D eigenvalue weighted by atomic mass is 9.81. The fraction of sp³-hybridized carbons (Fsp3) is 0.136. The fourth-order valence-corrected chi connectivity index (χ4v) is 10.2. The summed E-state index contributed by atoms with van der Waals surface area (Å²) in [6.45, 7) is 8.93. The number of carbonyl (C=O) groups excluding carboxylic acids is 1. The first kappa shape index (κ1) is 32.8. The lowest BCUT2D eigenvalue weighted by molar-refractivity contribution is -0.349. The molecule has 0 aromatic heterocycles. The minimum absolute atomic E-state index is 0.0887. The summed E-state index contributed by atoms with van der Waals surface area (Å²) in [5, 5.41) is 3.36. The SMILES string of the molecule is CCC(/C=C/C1=[NH+]c2ccccc2C1(C)C)=C1/Sc2cc(OC(=O)c3ccccc3P(c3ccccc3)c3ccccc3)ccc2C=C1C. The van der Waals surface area contributed by atoms with E-state index >= 15 is 0 Å². The standard InChI is InChI=1S/C44H38NO2PS/c1-5-31(25-27-41-44(3,4)37-21-13-14-22-38(37)45-41)42-30(2)28-32-24-26-33(29-40(32)49-42)47-43(46)36-20-12-15-23-39(36)48(34-16-8-6-9-17-34)35-18-10-7-11-19-35/h6-29H,5H2,1-4H3/p+1/b27-25+,42-31-. The minimum Gasteiger partial charge on any atom is -0.423 e. The number of thioether (sulfide) groups is 1. The number of fused-ring (bicyclic) bond motifs is 2. The van der Waals surface area contributed by atoms with Gasteiger partial charge in [-0.3, -0.25) is 0 Å². The van der Waals surface area contributed by atoms with E-state index in [1.54, 1.807) is 11.8 Å². The number of ether oxygens (including phenoxy) is 1. The molecule has 1 N–H and O–H groups in total. The number of para-hydroxylation sites is 1. The summed E-state index contributed by atoms with van der Waals surface area (Å²) in [5.74, 6) is 0.195. The molecule has 2 heterocycles. The molecule has 0 amide bonds. The van der Waals surface area contributed by atoms with Crippen molar-refractivity contribution >= 4 is 59.0 Å². The van der Waals surface area contributed by atoms with Gasteiger partial charge < -0.3 is 4.74 Å². The highest BCUT2D eigenvalue weighted by Crippen LogP contribution is 2.44. The highest BCUT2D eigenvalue weighted by Gasteiger charge is 2.39. The quantitative estimate of drug-likeness (QED) is 0.102. The van der Waals surface area contributed by atoms with Gasteiger partial charge in [0.1, 0.15) is 5.75 Å². The van der Waals surface area contributed by atoms with Crippen LogP contribution in [0.4, 0.5) is 5.69 Å². The van der Waals surface area contributed by atoms with Gasteiger partial charge in [0.15, 0.2) is 5.71 Å². The molecule has 2 aliphatic heterocycles. The van der Waals surface area contributed by atoms with E-state index < -0.39 is 7.92 Å². The second kappa shape index (κ2) is 14.0. The van der Waals surface area contributed by atoms with Gasteiger partial charge in [-0.25, -0.2) is 9.79 Å². The normalized spacial score (nSPS) is 15.8.